The first-order valence-electron chi connectivity index (χ1n) is 7.56. The summed E-state index contributed by atoms with van der Waals surface area (Å²) in [5, 5.41) is 4.03. The molecule has 0 spiro atoms. The number of nitrogens with zero attached hydrogens (tertiary/aromatic N) is 3. The number of aromatic nitrogens is 2. The highest BCUT2D eigenvalue weighted by Crippen LogP contribution is 2.31. The molecule has 3 heterocycles. The van der Waals surface area contributed by atoms with Gasteiger partial charge in [0.25, 0.3) is 5.91 Å². The van der Waals surface area contributed by atoms with E-state index in [1.165, 1.54) is 6.26 Å². The fourth-order valence-electron chi connectivity index (χ4n) is 2.70. The third kappa shape index (κ3) is 2.44. The van der Waals surface area contributed by atoms with Crippen molar-refractivity contribution in [1.29, 1.82) is 0 Å². The molecule has 3 aromatic rings. The fourth-order valence-corrected chi connectivity index (χ4v) is 2.70. The topological polar surface area (TPSA) is 81.6 Å². The minimum Gasteiger partial charge on any atom is -0.496 e. The van der Waals surface area contributed by atoms with Crippen LogP contribution in [-0.2, 0) is 0 Å². The first-order chi connectivity index (χ1) is 11.8. The molecule has 0 bridgehead atoms. The molecule has 1 aliphatic rings. The van der Waals surface area contributed by atoms with E-state index >= 15 is 0 Å². The maximum atomic E-state index is 12.1. The number of rotatable bonds is 4. The van der Waals surface area contributed by atoms with Crippen LogP contribution in [0.3, 0.4) is 0 Å². The van der Waals surface area contributed by atoms with E-state index in [0.29, 0.717) is 36.3 Å². The van der Waals surface area contributed by atoms with Gasteiger partial charge in [-0.25, -0.2) is 0 Å². The first kappa shape index (κ1) is 14.5. The highest BCUT2D eigenvalue weighted by atomic mass is 16.5. The van der Waals surface area contributed by atoms with Crippen LogP contribution in [-0.4, -0.2) is 41.1 Å². The minimum absolute atomic E-state index is 0.0415. The van der Waals surface area contributed by atoms with Crippen LogP contribution < -0.4 is 4.74 Å². The van der Waals surface area contributed by atoms with Crippen molar-refractivity contribution in [3.8, 4) is 17.1 Å². The van der Waals surface area contributed by atoms with Gasteiger partial charge in [0.2, 0.25) is 11.7 Å². The van der Waals surface area contributed by atoms with E-state index in [9.17, 15) is 4.79 Å². The van der Waals surface area contributed by atoms with Crippen molar-refractivity contribution >= 4 is 5.91 Å². The molecule has 122 valence electrons. The molecule has 4 rings (SSSR count). The Morgan fingerprint density at radius 1 is 1.25 bits per heavy atom. The van der Waals surface area contributed by atoms with E-state index in [0.717, 1.165) is 5.56 Å². The smallest absolute Gasteiger partial charge is 0.289 e. The number of hydrogen-bond donors (Lipinski definition) is 0. The Balaban J connectivity index is 1.46. The largest absolute Gasteiger partial charge is 0.496 e. The number of amides is 1. The summed E-state index contributed by atoms with van der Waals surface area (Å²) in [5.41, 5.74) is 0.776. The van der Waals surface area contributed by atoms with Gasteiger partial charge in [0.15, 0.2) is 5.76 Å². The van der Waals surface area contributed by atoms with Crippen LogP contribution in [0.15, 0.2) is 51.6 Å². The lowest BCUT2D eigenvalue weighted by molar-refractivity contribution is 0.0537. The standard InChI is InChI=1S/C17H15N3O4/c1-22-13-6-3-2-5-12(13)15-18-16(24-19-15)11-9-20(10-11)17(21)14-7-4-8-23-14/h2-8,11H,9-10H2,1H3. The zero-order valence-corrected chi connectivity index (χ0v) is 13.0. The Morgan fingerprint density at radius 2 is 2.08 bits per heavy atom. The summed E-state index contributed by atoms with van der Waals surface area (Å²) in [6, 6.07) is 10.8. The average molecular weight is 325 g/mol. The van der Waals surface area contributed by atoms with Crippen molar-refractivity contribution in [1.82, 2.24) is 15.0 Å². The molecule has 1 amide bonds. The molecule has 0 atom stereocenters. The van der Waals surface area contributed by atoms with Crippen LogP contribution in [0.1, 0.15) is 22.4 Å². The van der Waals surface area contributed by atoms with Crippen molar-refractivity contribution in [3.05, 3.63) is 54.3 Å². The van der Waals surface area contributed by atoms with Gasteiger partial charge >= 0.3 is 0 Å². The van der Waals surface area contributed by atoms with Gasteiger partial charge in [-0.05, 0) is 24.3 Å². The zero-order valence-electron chi connectivity index (χ0n) is 13.0. The number of para-hydroxylation sites is 1. The fraction of sp³-hybridized carbons (Fsp3) is 0.235. The van der Waals surface area contributed by atoms with Gasteiger partial charge < -0.3 is 18.6 Å². The van der Waals surface area contributed by atoms with E-state index in [2.05, 4.69) is 10.1 Å². The van der Waals surface area contributed by atoms with E-state index in [1.807, 2.05) is 24.3 Å². The molecule has 0 unspecified atom stereocenters. The molecule has 7 nitrogen and oxygen atoms in total. The lowest BCUT2D eigenvalue weighted by Crippen LogP contribution is -2.48. The van der Waals surface area contributed by atoms with Crippen molar-refractivity contribution in [2.75, 3.05) is 20.2 Å². The van der Waals surface area contributed by atoms with Crippen molar-refractivity contribution in [3.63, 3.8) is 0 Å². The predicted octanol–water partition coefficient (Wildman–Crippen LogP) is 2.58. The highest BCUT2D eigenvalue weighted by Gasteiger charge is 2.37. The Morgan fingerprint density at radius 3 is 2.83 bits per heavy atom. The molecule has 2 aromatic heterocycles. The molecule has 0 radical (unpaired) electrons. The highest BCUT2D eigenvalue weighted by molar-refractivity contribution is 5.92. The third-order valence-electron chi connectivity index (χ3n) is 4.04. The molecule has 7 heteroatoms. The molecule has 1 aliphatic heterocycles. The van der Waals surface area contributed by atoms with Crippen LogP contribution >= 0.6 is 0 Å². The second kappa shape index (κ2) is 5.84. The Labute approximate surface area is 137 Å². The van der Waals surface area contributed by atoms with Crippen LogP contribution in [0.2, 0.25) is 0 Å². The number of likely N-dealkylation sites (tertiary alicyclic amines) is 1. The van der Waals surface area contributed by atoms with Crippen LogP contribution in [0.5, 0.6) is 5.75 Å². The maximum Gasteiger partial charge on any atom is 0.289 e. The molecule has 0 N–H and O–H groups in total. The number of ether oxygens (including phenoxy) is 1. The normalized spacial score (nSPS) is 14.5. The van der Waals surface area contributed by atoms with Crippen molar-refractivity contribution in [2.24, 2.45) is 0 Å². The van der Waals surface area contributed by atoms with Gasteiger partial charge in [0.1, 0.15) is 5.75 Å². The summed E-state index contributed by atoms with van der Waals surface area (Å²) in [5.74, 6) is 1.96. The summed E-state index contributed by atoms with van der Waals surface area (Å²) >= 11 is 0. The van der Waals surface area contributed by atoms with E-state index in [1.54, 1.807) is 24.1 Å². The quantitative estimate of drug-likeness (QED) is 0.733. The summed E-state index contributed by atoms with van der Waals surface area (Å²) < 4.78 is 15.8. The monoisotopic (exact) mass is 325 g/mol. The Hall–Kier alpha value is -3.09. The van der Waals surface area contributed by atoms with Gasteiger partial charge in [0.05, 0.1) is 24.9 Å². The average Bonchev–Trinajstić information content (AvgIpc) is 3.25. The second-order valence-electron chi connectivity index (χ2n) is 5.54. The van der Waals surface area contributed by atoms with Gasteiger partial charge in [-0.15, -0.1) is 0 Å². The summed E-state index contributed by atoms with van der Waals surface area (Å²) in [7, 11) is 1.60. The van der Waals surface area contributed by atoms with E-state index in [-0.39, 0.29) is 11.8 Å². The number of carbonyl (C=O) groups is 1. The van der Waals surface area contributed by atoms with Crippen LogP contribution in [0, 0.1) is 0 Å². The summed E-state index contributed by atoms with van der Waals surface area (Å²) in [6.07, 6.45) is 1.49. The van der Waals surface area contributed by atoms with Crippen molar-refractivity contribution in [2.45, 2.75) is 5.92 Å². The SMILES string of the molecule is COc1ccccc1-c1noc(C2CN(C(=O)c3ccco3)C2)n1. The van der Waals surface area contributed by atoms with Gasteiger partial charge in [0, 0.05) is 13.1 Å². The molecule has 1 fully saturated rings. The molecule has 1 saturated heterocycles. The summed E-state index contributed by atoms with van der Waals surface area (Å²) in [4.78, 5) is 18.3. The number of carbonyl (C=O) groups excluding carboxylic acids is 1. The molecule has 0 saturated carbocycles. The van der Waals surface area contributed by atoms with E-state index < -0.39 is 0 Å². The second-order valence-corrected chi connectivity index (χ2v) is 5.54. The van der Waals surface area contributed by atoms with Crippen LogP contribution in [0.25, 0.3) is 11.4 Å². The van der Waals surface area contributed by atoms with E-state index in [4.69, 9.17) is 13.7 Å². The number of furan rings is 1. The number of hydrogen-bond acceptors (Lipinski definition) is 6. The molecule has 0 aliphatic carbocycles. The predicted molar refractivity (Wildman–Crippen MR) is 83.6 cm³/mol. The van der Waals surface area contributed by atoms with Gasteiger partial charge in [-0.3, -0.25) is 4.79 Å². The number of benzene rings is 1. The molecule has 24 heavy (non-hydrogen) atoms. The van der Waals surface area contributed by atoms with Crippen molar-refractivity contribution < 1.29 is 18.5 Å². The minimum atomic E-state index is -0.124. The number of methoxy groups -OCH3 is 1. The van der Waals surface area contributed by atoms with Gasteiger partial charge in [-0.1, -0.05) is 17.3 Å². The first-order valence-corrected chi connectivity index (χ1v) is 7.56. The molecule has 1 aromatic carbocycles. The maximum absolute atomic E-state index is 12.1. The Bertz CT molecular complexity index is 850. The summed E-state index contributed by atoms with van der Waals surface area (Å²) in [6.45, 7) is 1.07. The molecular weight excluding hydrogens is 310 g/mol. The molecular formula is C17H15N3O4. The third-order valence-corrected chi connectivity index (χ3v) is 4.04. The Kier molecular flexibility index (Phi) is 3.53. The zero-order chi connectivity index (χ0) is 16.5. The van der Waals surface area contributed by atoms with Gasteiger partial charge in [-0.2, -0.15) is 4.98 Å². The lowest BCUT2D eigenvalue weighted by Gasteiger charge is -2.36. The lowest BCUT2D eigenvalue weighted by atomic mass is 10.00. The van der Waals surface area contributed by atoms with Crippen LogP contribution in [0.4, 0.5) is 0 Å².